The summed E-state index contributed by atoms with van der Waals surface area (Å²) in [6, 6.07) is 32.9. The van der Waals surface area contributed by atoms with E-state index in [4.69, 9.17) is 19.8 Å². The van der Waals surface area contributed by atoms with E-state index in [-0.39, 0.29) is 0 Å². The van der Waals surface area contributed by atoms with Crippen LogP contribution in [0.5, 0.6) is 0 Å². The summed E-state index contributed by atoms with van der Waals surface area (Å²) in [7, 11) is 0. The molecule has 138 valence electrons. The Bertz CT molecular complexity index is 692. The molecule has 0 aliphatic heterocycles. The van der Waals surface area contributed by atoms with Crippen LogP contribution in [0.15, 0.2) is 91.0 Å². The second kappa shape index (κ2) is 12.7. The van der Waals surface area contributed by atoms with Crippen LogP contribution in [0, 0.1) is 0 Å². The Kier molecular flexibility index (Phi) is 10.6. The fourth-order valence-corrected chi connectivity index (χ4v) is 9.67. The van der Waals surface area contributed by atoms with Crippen LogP contribution in [-0.2, 0) is 9.59 Å². The molecule has 0 atom stereocenters. The Labute approximate surface area is 166 Å². The van der Waals surface area contributed by atoms with Crippen LogP contribution in [-0.4, -0.2) is 36.8 Å². The van der Waals surface area contributed by atoms with E-state index in [1.807, 2.05) is 0 Å². The van der Waals surface area contributed by atoms with Crippen molar-refractivity contribution in [2.45, 2.75) is 13.8 Å². The van der Waals surface area contributed by atoms with Gasteiger partial charge in [0.25, 0.3) is 5.97 Å². The van der Waals surface area contributed by atoms with Crippen LogP contribution in [0.25, 0.3) is 0 Å². The van der Waals surface area contributed by atoms with Gasteiger partial charge in [0.2, 0.25) is 0 Å². The van der Waals surface area contributed by atoms with Gasteiger partial charge in [0.15, 0.2) is 0 Å². The van der Waals surface area contributed by atoms with Gasteiger partial charge in [-0.3, -0.25) is 4.79 Å². The molecule has 3 aromatic carbocycles. The molecule has 0 aromatic heterocycles. The maximum atomic E-state index is 9.00. The number of carboxylic acid groups (broad SMARTS) is 2. The first-order chi connectivity index (χ1) is 12.9. The standard InChI is InChI=1S/3C6H5.2C2H4O2.Sn/c3*1-2-4-6-5-3-1;2*1-2(3)4;/h3*1-5H;2*1H3,(H,3,4);/q;;;;;+1/p-1. The molecule has 0 fully saturated rings. The van der Waals surface area contributed by atoms with Gasteiger partial charge in [0.1, 0.15) is 0 Å². The van der Waals surface area contributed by atoms with E-state index < -0.39 is 31.7 Å². The molecule has 0 amide bonds. The number of benzene rings is 3. The third-order valence-electron chi connectivity index (χ3n) is 3.19. The second-order valence-electron chi connectivity index (χ2n) is 5.48. The average molecular weight is 469 g/mol. The van der Waals surface area contributed by atoms with Crippen molar-refractivity contribution in [3.63, 3.8) is 0 Å². The monoisotopic (exact) mass is 470 g/mol. The van der Waals surface area contributed by atoms with E-state index in [2.05, 4.69) is 91.0 Å². The van der Waals surface area contributed by atoms with Gasteiger partial charge in [0, 0.05) is 12.9 Å². The zero-order chi connectivity index (χ0) is 20.1. The Hall–Kier alpha value is -2.60. The van der Waals surface area contributed by atoms with Crippen LogP contribution in [0.1, 0.15) is 13.8 Å². The van der Waals surface area contributed by atoms with Gasteiger partial charge in [-0.2, -0.15) is 0 Å². The normalized spacial score (nSPS) is 8.96. The number of carbonyl (C=O) groups excluding carboxylic acids is 1. The fraction of sp³-hybridized carbons (Fsp3) is 0.0909. The Morgan fingerprint density at radius 3 is 1.04 bits per heavy atom. The zero-order valence-electron chi connectivity index (χ0n) is 15.3. The molecule has 5 heteroatoms. The van der Waals surface area contributed by atoms with Crippen molar-refractivity contribution in [2.75, 3.05) is 0 Å². The summed E-state index contributed by atoms with van der Waals surface area (Å²) in [5.41, 5.74) is 0. The van der Waals surface area contributed by atoms with Crippen LogP contribution in [0.2, 0.25) is 0 Å². The first-order valence-corrected chi connectivity index (χ1v) is 12.6. The van der Waals surface area contributed by atoms with Crippen molar-refractivity contribution in [1.82, 2.24) is 0 Å². The summed E-state index contributed by atoms with van der Waals surface area (Å²) in [5.74, 6) is -1.92. The van der Waals surface area contributed by atoms with E-state index in [0.29, 0.717) is 0 Å². The number of aliphatic carboxylic acids is 2. The predicted octanol–water partition coefficient (Wildman–Crippen LogP) is 1.05. The first kappa shape index (κ1) is 22.4. The summed E-state index contributed by atoms with van der Waals surface area (Å²) < 4.78 is 4.59. The van der Waals surface area contributed by atoms with Crippen molar-refractivity contribution in [3.05, 3.63) is 91.0 Å². The van der Waals surface area contributed by atoms with Gasteiger partial charge in [-0.05, 0) is 6.92 Å². The zero-order valence-corrected chi connectivity index (χ0v) is 18.2. The number of rotatable bonds is 3. The summed E-state index contributed by atoms with van der Waals surface area (Å²) in [4.78, 5) is 17.9. The van der Waals surface area contributed by atoms with E-state index in [9.17, 15) is 0 Å². The number of carbonyl (C=O) groups is 2. The van der Waals surface area contributed by atoms with Crippen molar-refractivity contribution >= 4 is 42.4 Å². The molecular formula is C22H22O4Sn. The van der Waals surface area contributed by atoms with Crippen molar-refractivity contribution in [2.24, 2.45) is 0 Å². The molecule has 0 saturated heterocycles. The average Bonchev–Trinajstić information content (AvgIpc) is 2.64. The molecule has 0 unspecified atom stereocenters. The first-order valence-electron chi connectivity index (χ1n) is 8.32. The van der Waals surface area contributed by atoms with E-state index in [1.165, 1.54) is 10.7 Å². The molecular weight excluding hydrogens is 447 g/mol. The Balaban J connectivity index is 0.000000390. The number of hydrogen-bond donors (Lipinski definition) is 1. The van der Waals surface area contributed by atoms with Crippen molar-refractivity contribution in [3.8, 4) is 0 Å². The van der Waals surface area contributed by atoms with Crippen LogP contribution in [0.3, 0.4) is 0 Å². The summed E-state index contributed by atoms with van der Waals surface area (Å²) in [6.07, 6.45) is 0. The van der Waals surface area contributed by atoms with Gasteiger partial charge in [-0.1, -0.05) is 0 Å². The summed E-state index contributed by atoms with van der Waals surface area (Å²) >= 11 is -1.98. The van der Waals surface area contributed by atoms with Crippen LogP contribution < -0.4 is 15.8 Å². The SMILES string of the molecule is CC(=O)O.CC(=O)[O-].c1cc[c]([Sn+]([c]2ccccc2)[c]2ccccc2)cc1. The van der Waals surface area contributed by atoms with Crippen molar-refractivity contribution in [1.29, 1.82) is 0 Å². The van der Waals surface area contributed by atoms with Gasteiger partial charge in [-0.25, -0.2) is 0 Å². The fourth-order valence-electron chi connectivity index (χ4n) is 2.31. The Morgan fingerprint density at radius 1 is 0.667 bits per heavy atom. The van der Waals surface area contributed by atoms with E-state index >= 15 is 0 Å². The quantitative estimate of drug-likeness (QED) is 0.583. The predicted molar refractivity (Wildman–Crippen MR) is 108 cm³/mol. The molecule has 0 aliphatic rings. The summed E-state index contributed by atoms with van der Waals surface area (Å²) in [5, 5.41) is 16.3. The minimum absolute atomic E-state index is 0.833. The van der Waals surface area contributed by atoms with Crippen LogP contribution in [0.4, 0.5) is 0 Å². The molecule has 0 radical (unpaired) electrons. The molecule has 3 rings (SSSR count). The molecule has 0 saturated carbocycles. The third kappa shape index (κ3) is 9.61. The maximum absolute atomic E-state index is 9.00. The molecule has 0 spiro atoms. The molecule has 27 heavy (non-hydrogen) atoms. The summed E-state index contributed by atoms with van der Waals surface area (Å²) in [6.45, 7) is 2.06. The molecule has 0 bridgehead atoms. The van der Waals surface area contributed by atoms with Gasteiger partial charge >= 0.3 is 121 Å². The Morgan fingerprint density at radius 2 is 0.852 bits per heavy atom. The topological polar surface area (TPSA) is 77.4 Å². The third-order valence-corrected chi connectivity index (χ3v) is 11.0. The molecule has 4 nitrogen and oxygen atoms in total. The minimum atomic E-state index is -1.98. The second-order valence-corrected chi connectivity index (χ2v) is 12.6. The number of carboxylic acids is 2. The van der Waals surface area contributed by atoms with E-state index in [1.54, 1.807) is 0 Å². The van der Waals surface area contributed by atoms with Gasteiger partial charge in [0.05, 0.1) is 0 Å². The van der Waals surface area contributed by atoms with Gasteiger partial charge in [-0.15, -0.1) is 0 Å². The molecule has 3 aromatic rings. The molecule has 0 aliphatic carbocycles. The van der Waals surface area contributed by atoms with E-state index in [0.717, 1.165) is 13.8 Å². The number of hydrogen-bond acceptors (Lipinski definition) is 3. The van der Waals surface area contributed by atoms with Crippen LogP contribution >= 0.6 is 0 Å². The molecule has 0 heterocycles. The van der Waals surface area contributed by atoms with Crippen molar-refractivity contribution < 1.29 is 19.8 Å². The van der Waals surface area contributed by atoms with Gasteiger partial charge < -0.3 is 15.0 Å². The molecule has 1 N–H and O–H groups in total.